The fourth-order valence-electron chi connectivity index (χ4n) is 2.28. The van der Waals surface area contributed by atoms with Crippen molar-refractivity contribution >= 4 is 10.0 Å². The summed E-state index contributed by atoms with van der Waals surface area (Å²) in [5, 5.41) is 9.51. The van der Waals surface area contributed by atoms with Crippen LogP contribution in [-0.4, -0.2) is 25.7 Å². The van der Waals surface area contributed by atoms with E-state index in [0.717, 1.165) is 5.56 Å². The Morgan fingerprint density at radius 1 is 1.30 bits per heavy atom. The molecule has 0 unspecified atom stereocenters. The zero-order chi connectivity index (χ0) is 14.8. The van der Waals surface area contributed by atoms with E-state index in [1.807, 2.05) is 6.92 Å². The van der Waals surface area contributed by atoms with Gasteiger partial charge in [-0.25, -0.2) is 13.1 Å². The molecule has 7 nitrogen and oxygen atoms in total. The van der Waals surface area contributed by atoms with Gasteiger partial charge in [-0.2, -0.15) is 0 Å². The number of hydrogen-bond donors (Lipinski definition) is 1. The first-order chi connectivity index (χ1) is 9.38. The van der Waals surface area contributed by atoms with E-state index in [-0.39, 0.29) is 4.90 Å². The van der Waals surface area contributed by atoms with Crippen LogP contribution >= 0.6 is 0 Å². The molecular weight excluding hydrogens is 284 g/mol. The van der Waals surface area contributed by atoms with Crippen molar-refractivity contribution in [3.63, 3.8) is 0 Å². The summed E-state index contributed by atoms with van der Waals surface area (Å²) in [7, 11) is -3.68. The molecule has 0 amide bonds. The van der Waals surface area contributed by atoms with E-state index in [2.05, 4.69) is 9.56 Å². The number of hydrogen-bond acceptors (Lipinski definition) is 5. The van der Waals surface area contributed by atoms with E-state index in [0.29, 0.717) is 19.3 Å². The van der Waals surface area contributed by atoms with Crippen LogP contribution < -0.4 is 4.72 Å². The van der Waals surface area contributed by atoms with Crippen LogP contribution in [0.2, 0.25) is 0 Å². The minimum absolute atomic E-state index is 0.148. The van der Waals surface area contributed by atoms with E-state index in [9.17, 15) is 18.5 Å². The van der Waals surface area contributed by atoms with Crippen molar-refractivity contribution < 1.29 is 18.3 Å². The van der Waals surface area contributed by atoms with Gasteiger partial charge in [0.25, 0.3) is 5.09 Å². The zero-order valence-corrected chi connectivity index (χ0v) is 11.8. The first kappa shape index (κ1) is 14.7. The lowest BCUT2D eigenvalue weighted by atomic mass is 10.2. The Balaban J connectivity index is 2.11. The molecule has 0 radical (unpaired) electrons. The van der Waals surface area contributed by atoms with Crippen molar-refractivity contribution in [3.8, 4) is 0 Å². The highest BCUT2D eigenvalue weighted by Crippen LogP contribution is 2.24. The summed E-state index contributed by atoms with van der Waals surface area (Å²) >= 11 is 0. The molecule has 1 saturated carbocycles. The predicted molar refractivity (Wildman–Crippen MR) is 71.0 cm³/mol. The third-order valence-electron chi connectivity index (χ3n) is 3.31. The monoisotopic (exact) mass is 300 g/mol. The molecule has 2 atom stereocenters. The Kier molecular flexibility index (Phi) is 4.24. The Bertz CT molecular complexity index is 584. The summed E-state index contributed by atoms with van der Waals surface area (Å²) in [6, 6.07) is 5.86. The Labute approximate surface area is 117 Å². The van der Waals surface area contributed by atoms with Gasteiger partial charge in [0.2, 0.25) is 10.0 Å². The molecule has 0 spiro atoms. The molecule has 1 aliphatic rings. The van der Waals surface area contributed by atoms with Crippen LogP contribution in [0.5, 0.6) is 0 Å². The largest absolute Gasteiger partial charge is 0.309 e. The number of benzene rings is 1. The van der Waals surface area contributed by atoms with E-state index in [4.69, 9.17) is 0 Å². The number of rotatable bonds is 5. The molecule has 8 heteroatoms. The van der Waals surface area contributed by atoms with Gasteiger partial charge in [-0.3, -0.25) is 0 Å². The van der Waals surface area contributed by atoms with Crippen molar-refractivity contribution in [2.75, 3.05) is 0 Å². The van der Waals surface area contributed by atoms with Crippen LogP contribution in [0.1, 0.15) is 24.8 Å². The second-order valence-corrected chi connectivity index (χ2v) is 6.55. The van der Waals surface area contributed by atoms with Gasteiger partial charge in [-0.15, -0.1) is 10.1 Å². The molecule has 0 heterocycles. The molecule has 110 valence electrons. The van der Waals surface area contributed by atoms with Gasteiger partial charge in [0.1, 0.15) is 6.10 Å². The molecule has 0 saturated heterocycles. The molecule has 1 fully saturated rings. The summed E-state index contributed by atoms with van der Waals surface area (Å²) in [5.41, 5.74) is 0.958. The maximum absolute atomic E-state index is 12.2. The van der Waals surface area contributed by atoms with Crippen LogP contribution in [0.15, 0.2) is 29.2 Å². The second-order valence-electron chi connectivity index (χ2n) is 4.84. The average Bonchev–Trinajstić information content (AvgIpc) is 2.75. The Morgan fingerprint density at radius 3 is 2.55 bits per heavy atom. The quantitative estimate of drug-likeness (QED) is 0.654. The van der Waals surface area contributed by atoms with Crippen LogP contribution in [0, 0.1) is 17.0 Å². The molecule has 1 aliphatic carbocycles. The van der Waals surface area contributed by atoms with Gasteiger partial charge in [0.15, 0.2) is 0 Å². The molecule has 0 bridgehead atoms. The Morgan fingerprint density at radius 2 is 1.95 bits per heavy atom. The van der Waals surface area contributed by atoms with Gasteiger partial charge >= 0.3 is 0 Å². The lowest BCUT2D eigenvalue weighted by Crippen LogP contribution is -2.41. The fourth-order valence-corrected chi connectivity index (χ4v) is 3.58. The van der Waals surface area contributed by atoms with Crippen LogP contribution in [0.25, 0.3) is 0 Å². The van der Waals surface area contributed by atoms with Crippen molar-refractivity contribution in [3.05, 3.63) is 39.9 Å². The second kappa shape index (κ2) is 5.76. The normalized spacial score (nSPS) is 22.6. The van der Waals surface area contributed by atoms with Gasteiger partial charge in [0, 0.05) is 6.04 Å². The summed E-state index contributed by atoms with van der Waals surface area (Å²) in [5.74, 6) is 0. The van der Waals surface area contributed by atoms with Crippen molar-refractivity contribution in [1.82, 2.24) is 4.72 Å². The number of sulfonamides is 1. The first-order valence-electron chi connectivity index (χ1n) is 6.28. The SMILES string of the molecule is Cc1ccc(S(=O)(=O)N[C@@H]2CCC[C@H]2O[N+](=O)[O-])cc1. The van der Waals surface area contributed by atoms with Crippen molar-refractivity contribution in [1.29, 1.82) is 0 Å². The van der Waals surface area contributed by atoms with Gasteiger partial charge < -0.3 is 4.84 Å². The van der Waals surface area contributed by atoms with Gasteiger partial charge in [-0.05, 0) is 38.3 Å². The minimum atomic E-state index is -3.68. The van der Waals surface area contributed by atoms with Gasteiger partial charge in [0.05, 0.1) is 4.90 Å². The van der Waals surface area contributed by atoms with E-state index in [1.165, 1.54) is 12.1 Å². The fraction of sp³-hybridized carbons (Fsp3) is 0.500. The van der Waals surface area contributed by atoms with E-state index < -0.39 is 27.3 Å². The smallest absolute Gasteiger partial charge is 0.294 e. The topological polar surface area (TPSA) is 98.5 Å². The molecule has 20 heavy (non-hydrogen) atoms. The van der Waals surface area contributed by atoms with E-state index in [1.54, 1.807) is 12.1 Å². The standard InChI is InChI=1S/C12H16N2O5S/c1-9-5-7-10(8-6-9)20(17,18)13-11-3-2-4-12(11)19-14(15)16/h5-8,11-13H,2-4H2,1H3/t11-,12-/m1/s1. The molecule has 1 aromatic rings. The minimum Gasteiger partial charge on any atom is -0.309 e. The highest BCUT2D eigenvalue weighted by atomic mass is 32.2. The van der Waals surface area contributed by atoms with Crippen LogP contribution in [-0.2, 0) is 14.9 Å². The Hall–Kier alpha value is -1.67. The first-order valence-corrected chi connectivity index (χ1v) is 7.77. The van der Waals surface area contributed by atoms with Crippen molar-refractivity contribution in [2.24, 2.45) is 0 Å². The van der Waals surface area contributed by atoms with Crippen LogP contribution in [0.4, 0.5) is 0 Å². The van der Waals surface area contributed by atoms with Gasteiger partial charge in [-0.1, -0.05) is 17.7 Å². The molecule has 0 aromatic heterocycles. The summed E-state index contributed by atoms with van der Waals surface area (Å²) < 4.78 is 26.9. The third kappa shape index (κ3) is 3.45. The van der Waals surface area contributed by atoms with Crippen molar-refractivity contribution in [2.45, 2.75) is 43.2 Å². The highest BCUT2D eigenvalue weighted by molar-refractivity contribution is 7.89. The predicted octanol–water partition coefficient (Wildman–Crippen LogP) is 1.40. The lowest BCUT2D eigenvalue weighted by Gasteiger charge is -2.19. The molecule has 0 aliphatic heterocycles. The summed E-state index contributed by atoms with van der Waals surface area (Å²) in [6.45, 7) is 1.86. The zero-order valence-electron chi connectivity index (χ0n) is 11.0. The molecule has 1 N–H and O–H groups in total. The molecule has 1 aromatic carbocycles. The van der Waals surface area contributed by atoms with E-state index >= 15 is 0 Å². The number of aryl methyl sites for hydroxylation is 1. The maximum atomic E-state index is 12.2. The lowest BCUT2D eigenvalue weighted by molar-refractivity contribution is -0.768. The number of nitrogens with one attached hydrogen (secondary N) is 1. The average molecular weight is 300 g/mol. The number of nitrogens with zero attached hydrogens (tertiary/aromatic N) is 1. The molecular formula is C12H16N2O5S. The maximum Gasteiger partial charge on any atom is 0.294 e. The van der Waals surface area contributed by atoms with Crippen LogP contribution in [0.3, 0.4) is 0 Å². The summed E-state index contributed by atoms with van der Waals surface area (Å²) in [4.78, 5) is 15.0. The molecule has 2 rings (SSSR count). The third-order valence-corrected chi connectivity index (χ3v) is 4.82. The highest BCUT2D eigenvalue weighted by Gasteiger charge is 2.33. The summed E-state index contributed by atoms with van der Waals surface area (Å²) in [6.07, 6.45) is 0.982.